The van der Waals surface area contributed by atoms with Gasteiger partial charge in [-0.2, -0.15) is 0 Å². The Morgan fingerprint density at radius 1 is 1.06 bits per heavy atom. The van der Waals surface area contributed by atoms with Gasteiger partial charge in [0.2, 0.25) is 0 Å². The van der Waals surface area contributed by atoms with Crippen molar-refractivity contribution >= 4 is 0 Å². The van der Waals surface area contributed by atoms with Gasteiger partial charge < -0.3 is 15.2 Å². The van der Waals surface area contributed by atoms with Gasteiger partial charge in [-0.1, -0.05) is 6.42 Å². The maximum atomic E-state index is 5.94. The lowest BCUT2D eigenvalue weighted by atomic mass is 9.68. The van der Waals surface area contributed by atoms with E-state index in [9.17, 15) is 0 Å². The van der Waals surface area contributed by atoms with Gasteiger partial charge in [-0.05, 0) is 38.6 Å². The molecule has 0 aliphatic heterocycles. The van der Waals surface area contributed by atoms with E-state index < -0.39 is 0 Å². The van der Waals surface area contributed by atoms with Crippen molar-refractivity contribution in [3.63, 3.8) is 0 Å². The highest BCUT2D eigenvalue weighted by atomic mass is 16.5. The zero-order valence-electron chi connectivity index (χ0n) is 12.1. The first-order chi connectivity index (χ1) is 8.76. The molecule has 0 heterocycles. The van der Waals surface area contributed by atoms with Crippen LogP contribution < -0.4 is 5.73 Å². The molecule has 0 atom stereocenters. The van der Waals surface area contributed by atoms with E-state index in [1.165, 1.54) is 19.3 Å². The van der Waals surface area contributed by atoms with Gasteiger partial charge in [-0.15, -0.1) is 0 Å². The minimum Gasteiger partial charge on any atom is -0.380 e. The minimum absolute atomic E-state index is 0.373. The summed E-state index contributed by atoms with van der Waals surface area (Å²) in [5, 5.41) is 0. The van der Waals surface area contributed by atoms with Crippen molar-refractivity contribution in [1.82, 2.24) is 4.90 Å². The van der Waals surface area contributed by atoms with Crippen molar-refractivity contribution < 1.29 is 9.47 Å². The Hall–Kier alpha value is -0.160. The third-order valence-corrected chi connectivity index (χ3v) is 3.92. The molecule has 1 fully saturated rings. The quantitative estimate of drug-likeness (QED) is 0.570. The second-order valence-electron chi connectivity index (χ2n) is 5.23. The predicted octanol–water partition coefficient (Wildman–Crippen LogP) is 1.49. The smallest absolute Gasteiger partial charge is 0.0593 e. The summed E-state index contributed by atoms with van der Waals surface area (Å²) in [4.78, 5) is 2.46. The Kier molecular flexibility index (Phi) is 7.82. The van der Waals surface area contributed by atoms with Gasteiger partial charge in [0, 0.05) is 32.8 Å². The van der Waals surface area contributed by atoms with E-state index in [0.29, 0.717) is 5.41 Å². The van der Waals surface area contributed by atoms with Gasteiger partial charge in [0.25, 0.3) is 0 Å². The predicted molar refractivity (Wildman–Crippen MR) is 74.8 cm³/mol. The molecule has 18 heavy (non-hydrogen) atoms. The van der Waals surface area contributed by atoms with Crippen molar-refractivity contribution in [2.45, 2.75) is 33.1 Å². The van der Waals surface area contributed by atoms with Crippen LogP contribution in [0, 0.1) is 5.41 Å². The molecule has 2 N–H and O–H groups in total. The first kappa shape index (κ1) is 15.9. The topological polar surface area (TPSA) is 47.7 Å². The molecule has 0 aromatic rings. The number of nitrogens with two attached hydrogens (primary N) is 1. The Morgan fingerprint density at radius 2 is 1.61 bits per heavy atom. The van der Waals surface area contributed by atoms with Crippen LogP contribution in [0.3, 0.4) is 0 Å². The zero-order valence-corrected chi connectivity index (χ0v) is 12.1. The molecule has 1 aliphatic carbocycles. The summed E-state index contributed by atoms with van der Waals surface area (Å²) in [6.07, 6.45) is 3.90. The number of ether oxygens (including phenoxy) is 2. The van der Waals surface area contributed by atoms with Crippen LogP contribution >= 0.6 is 0 Å². The van der Waals surface area contributed by atoms with E-state index in [1.807, 2.05) is 13.8 Å². The van der Waals surface area contributed by atoms with Gasteiger partial charge in [0.15, 0.2) is 0 Å². The SMILES string of the molecule is CCOCCN(CCOCC)CC1(CN)CCC1. The summed E-state index contributed by atoms with van der Waals surface area (Å²) in [6, 6.07) is 0. The lowest BCUT2D eigenvalue weighted by molar-refractivity contribution is 0.0324. The highest BCUT2D eigenvalue weighted by Crippen LogP contribution is 2.40. The largest absolute Gasteiger partial charge is 0.380 e. The average Bonchev–Trinajstić information content (AvgIpc) is 2.33. The summed E-state index contributed by atoms with van der Waals surface area (Å²) in [5.74, 6) is 0. The molecule has 1 saturated carbocycles. The Bertz CT molecular complexity index is 192. The average molecular weight is 258 g/mol. The normalized spacial score (nSPS) is 18.0. The molecule has 0 aromatic carbocycles. The Morgan fingerprint density at radius 3 is 1.94 bits per heavy atom. The molecule has 4 nitrogen and oxygen atoms in total. The molecule has 0 bridgehead atoms. The lowest BCUT2D eigenvalue weighted by Crippen LogP contribution is -2.48. The Labute approximate surface area is 112 Å². The van der Waals surface area contributed by atoms with Gasteiger partial charge >= 0.3 is 0 Å². The zero-order chi connectivity index (χ0) is 13.3. The van der Waals surface area contributed by atoms with Gasteiger partial charge in [-0.3, -0.25) is 4.90 Å². The van der Waals surface area contributed by atoms with Crippen molar-refractivity contribution in [2.75, 3.05) is 52.6 Å². The van der Waals surface area contributed by atoms with Crippen LogP contribution in [0.4, 0.5) is 0 Å². The molecule has 0 saturated heterocycles. The lowest BCUT2D eigenvalue weighted by Gasteiger charge is -2.44. The fourth-order valence-corrected chi connectivity index (χ4v) is 2.52. The molecular formula is C14H30N2O2. The third-order valence-electron chi connectivity index (χ3n) is 3.92. The van der Waals surface area contributed by atoms with Crippen LogP contribution in [-0.2, 0) is 9.47 Å². The monoisotopic (exact) mass is 258 g/mol. The summed E-state index contributed by atoms with van der Waals surface area (Å²) >= 11 is 0. The fraction of sp³-hybridized carbons (Fsp3) is 1.00. The molecule has 0 unspecified atom stereocenters. The standard InChI is InChI=1S/C14H30N2O2/c1-3-17-10-8-16(9-11-18-4-2)13-14(12-15)6-5-7-14/h3-13,15H2,1-2H3. The van der Waals surface area contributed by atoms with Crippen LogP contribution in [0.1, 0.15) is 33.1 Å². The second-order valence-corrected chi connectivity index (χ2v) is 5.23. The summed E-state index contributed by atoms with van der Waals surface area (Å²) in [7, 11) is 0. The molecule has 1 aliphatic rings. The minimum atomic E-state index is 0.373. The van der Waals surface area contributed by atoms with Crippen molar-refractivity contribution in [3.05, 3.63) is 0 Å². The van der Waals surface area contributed by atoms with Crippen LogP contribution in [-0.4, -0.2) is 57.5 Å². The van der Waals surface area contributed by atoms with Gasteiger partial charge in [0.05, 0.1) is 13.2 Å². The first-order valence-corrected chi connectivity index (χ1v) is 7.34. The molecule has 1 rings (SSSR count). The fourth-order valence-electron chi connectivity index (χ4n) is 2.52. The third kappa shape index (κ3) is 5.22. The second kappa shape index (κ2) is 8.86. The van der Waals surface area contributed by atoms with E-state index in [4.69, 9.17) is 15.2 Å². The molecular weight excluding hydrogens is 228 g/mol. The van der Waals surface area contributed by atoms with Crippen molar-refractivity contribution in [3.8, 4) is 0 Å². The maximum absolute atomic E-state index is 5.94. The van der Waals surface area contributed by atoms with Gasteiger partial charge in [0.1, 0.15) is 0 Å². The summed E-state index contributed by atoms with van der Waals surface area (Å²) in [5.41, 5.74) is 6.31. The molecule has 0 amide bonds. The highest BCUT2D eigenvalue weighted by molar-refractivity contribution is 4.91. The molecule has 4 heteroatoms. The van der Waals surface area contributed by atoms with E-state index in [2.05, 4.69) is 4.90 Å². The first-order valence-electron chi connectivity index (χ1n) is 7.34. The summed E-state index contributed by atoms with van der Waals surface area (Å²) in [6.45, 7) is 11.2. The number of rotatable bonds is 11. The maximum Gasteiger partial charge on any atom is 0.0593 e. The van der Waals surface area contributed by atoms with Gasteiger partial charge in [-0.25, -0.2) is 0 Å². The molecule has 0 spiro atoms. The van der Waals surface area contributed by atoms with Crippen molar-refractivity contribution in [2.24, 2.45) is 11.1 Å². The number of nitrogens with zero attached hydrogens (tertiary/aromatic N) is 1. The highest BCUT2D eigenvalue weighted by Gasteiger charge is 2.36. The van der Waals surface area contributed by atoms with Crippen LogP contribution in [0.5, 0.6) is 0 Å². The summed E-state index contributed by atoms with van der Waals surface area (Å²) < 4.78 is 10.9. The van der Waals surface area contributed by atoms with E-state index in [-0.39, 0.29) is 0 Å². The number of hydrogen-bond acceptors (Lipinski definition) is 4. The van der Waals surface area contributed by atoms with Crippen LogP contribution in [0.2, 0.25) is 0 Å². The van der Waals surface area contributed by atoms with E-state index in [0.717, 1.165) is 52.6 Å². The van der Waals surface area contributed by atoms with Crippen LogP contribution in [0.15, 0.2) is 0 Å². The van der Waals surface area contributed by atoms with E-state index in [1.54, 1.807) is 0 Å². The molecule has 0 radical (unpaired) electrons. The molecule has 0 aromatic heterocycles. The van der Waals surface area contributed by atoms with Crippen molar-refractivity contribution in [1.29, 1.82) is 0 Å². The molecule has 108 valence electrons. The Balaban J connectivity index is 2.32. The van der Waals surface area contributed by atoms with Crippen LogP contribution in [0.25, 0.3) is 0 Å². The number of hydrogen-bond donors (Lipinski definition) is 1. The van der Waals surface area contributed by atoms with E-state index >= 15 is 0 Å².